The fraction of sp³-hybridized carbons (Fsp3) is 0.154. The first kappa shape index (κ1) is 12.2. The van der Waals surface area contributed by atoms with E-state index in [1.54, 1.807) is 19.1 Å². The number of aryl methyl sites for hydroxylation is 1. The number of H-pyrrole nitrogens is 1. The lowest BCUT2D eigenvalue weighted by Gasteiger charge is -2.00. The van der Waals surface area contributed by atoms with Crippen LogP contribution < -0.4 is 5.69 Å². The molecule has 3 rings (SSSR count). The van der Waals surface area contributed by atoms with E-state index in [4.69, 9.17) is 9.63 Å². The van der Waals surface area contributed by atoms with Gasteiger partial charge in [-0.25, -0.2) is 9.59 Å². The van der Waals surface area contributed by atoms with Gasteiger partial charge in [-0.3, -0.25) is 4.57 Å². The molecule has 2 aromatic heterocycles. The predicted molar refractivity (Wildman–Crippen MR) is 69.9 cm³/mol. The summed E-state index contributed by atoms with van der Waals surface area (Å²) in [5, 5.41) is 12.8. The van der Waals surface area contributed by atoms with Gasteiger partial charge in [-0.2, -0.15) is 0 Å². The summed E-state index contributed by atoms with van der Waals surface area (Å²) in [6.45, 7) is 1.98. The first-order valence-corrected chi connectivity index (χ1v) is 5.92. The Kier molecular flexibility index (Phi) is 2.67. The number of carbonyl (C=O) groups is 1. The van der Waals surface area contributed by atoms with E-state index in [0.29, 0.717) is 16.8 Å². The van der Waals surface area contributed by atoms with Crippen molar-refractivity contribution in [2.45, 2.75) is 13.5 Å². The third-order valence-electron chi connectivity index (χ3n) is 3.01. The molecule has 3 aromatic rings. The normalized spacial score (nSPS) is 11.1. The predicted octanol–water partition coefficient (Wildman–Crippen LogP) is 1.37. The minimum Gasteiger partial charge on any atom is -0.478 e. The molecule has 0 atom stereocenters. The van der Waals surface area contributed by atoms with Crippen molar-refractivity contribution < 1.29 is 14.4 Å². The number of carboxylic acid groups (broad SMARTS) is 1. The molecule has 7 heteroatoms. The van der Waals surface area contributed by atoms with Gasteiger partial charge in [0.15, 0.2) is 5.76 Å². The number of fused-ring (bicyclic) bond motifs is 1. The van der Waals surface area contributed by atoms with Gasteiger partial charge in [-0.1, -0.05) is 5.16 Å². The third-order valence-corrected chi connectivity index (χ3v) is 3.01. The topological polar surface area (TPSA) is 101 Å². The molecular weight excluding hydrogens is 262 g/mol. The molecule has 0 aliphatic rings. The summed E-state index contributed by atoms with van der Waals surface area (Å²) < 4.78 is 6.50. The van der Waals surface area contributed by atoms with Gasteiger partial charge in [-0.15, -0.1) is 0 Å². The van der Waals surface area contributed by atoms with E-state index in [1.165, 1.54) is 16.7 Å². The molecule has 0 amide bonds. The van der Waals surface area contributed by atoms with Gasteiger partial charge in [-0.05, 0) is 25.1 Å². The maximum atomic E-state index is 11.9. The molecule has 0 aliphatic heterocycles. The molecule has 2 N–H and O–H groups in total. The van der Waals surface area contributed by atoms with E-state index >= 15 is 0 Å². The number of aromatic nitrogens is 3. The zero-order chi connectivity index (χ0) is 14.3. The molecule has 0 saturated heterocycles. The number of rotatable bonds is 3. The Hall–Kier alpha value is -2.83. The summed E-state index contributed by atoms with van der Waals surface area (Å²) in [7, 11) is 0. The number of imidazole rings is 1. The Morgan fingerprint density at radius 1 is 1.45 bits per heavy atom. The monoisotopic (exact) mass is 273 g/mol. The zero-order valence-corrected chi connectivity index (χ0v) is 10.6. The Morgan fingerprint density at radius 2 is 2.25 bits per heavy atom. The standard InChI is InChI=1S/C13H11N3O4/c1-7-4-9(20-15-7)6-16-11-5-8(12(17)18)2-3-10(11)14-13(16)19/h2-5H,6H2,1H3,(H,14,19)(H,17,18). The number of aromatic carboxylic acids is 1. The van der Waals surface area contributed by atoms with E-state index in [2.05, 4.69) is 10.1 Å². The van der Waals surface area contributed by atoms with Gasteiger partial charge in [0.25, 0.3) is 0 Å². The first-order valence-electron chi connectivity index (χ1n) is 5.92. The van der Waals surface area contributed by atoms with Crippen LogP contribution in [0, 0.1) is 6.92 Å². The molecule has 0 saturated carbocycles. The molecule has 0 fully saturated rings. The Bertz CT molecular complexity index is 856. The average Bonchev–Trinajstić information content (AvgIpc) is 2.94. The molecule has 0 aliphatic carbocycles. The lowest BCUT2D eigenvalue weighted by molar-refractivity contribution is 0.0697. The summed E-state index contributed by atoms with van der Waals surface area (Å²) >= 11 is 0. The van der Waals surface area contributed by atoms with Crippen LogP contribution >= 0.6 is 0 Å². The van der Waals surface area contributed by atoms with Crippen molar-refractivity contribution in [1.82, 2.24) is 14.7 Å². The number of carboxylic acids is 1. The van der Waals surface area contributed by atoms with Crippen molar-refractivity contribution in [2.24, 2.45) is 0 Å². The molecule has 2 heterocycles. The van der Waals surface area contributed by atoms with E-state index in [0.717, 1.165) is 5.69 Å². The van der Waals surface area contributed by atoms with Gasteiger partial charge in [0, 0.05) is 6.07 Å². The van der Waals surface area contributed by atoms with Crippen LogP contribution in [0.3, 0.4) is 0 Å². The fourth-order valence-electron chi connectivity index (χ4n) is 2.09. The van der Waals surface area contributed by atoms with Crippen molar-refractivity contribution in [1.29, 1.82) is 0 Å². The van der Waals surface area contributed by atoms with Gasteiger partial charge in [0.1, 0.15) is 0 Å². The van der Waals surface area contributed by atoms with Gasteiger partial charge in [0.2, 0.25) is 0 Å². The fourth-order valence-corrected chi connectivity index (χ4v) is 2.09. The van der Waals surface area contributed by atoms with Crippen LogP contribution in [-0.2, 0) is 6.54 Å². The van der Waals surface area contributed by atoms with E-state index in [9.17, 15) is 9.59 Å². The second kappa shape index (κ2) is 4.37. The Balaban J connectivity index is 2.13. The van der Waals surface area contributed by atoms with Crippen LogP contribution in [0.25, 0.3) is 11.0 Å². The minimum atomic E-state index is -1.04. The van der Waals surface area contributed by atoms with Crippen LogP contribution in [0.15, 0.2) is 33.6 Å². The lowest BCUT2D eigenvalue weighted by Crippen LogP contribution is -2.17. The summed E-state index contributed by atoms with van der Waals surface area (Å²) in [6, 6.07) is 6.21. The van der Waals surface area contributed by atoms with Gasteiger partial charge >= 0.3 is 11.7 Å². The lowest BCUT2D eigenvalue weighted by atomic mass is 10.2. The summed E-state index contributed by atoms with van der Waals surface area (Å²) in [5.41, 5.74) is 1.62. The number of aromatic amines is 1. The highest BCUT2D eigenvalue weighted by Gasteiger charge is 2.12. The third kappa shape index (κ3) is 1.99. The number of nitrogens with zero attached hydrogens (tertiary/aromatic N) is 2. The Labute approximate surface area is 112 Å². The van der Waals surface area contributed by atoms with Crippen molar-refractivity contribution in [3.63, 3.8) is 0 Å². The van der Waals surface area contributed by atoms with E-state index in [1.807, 2.05) is 0 Å². The van der Waals surface area contributed by atoms with Crippen LogP contribution in [0.5, 0.6) is 0 Å². The van der Waals surface area contributed by atoms with Gasteiger partial charge < -0.3 is 14.6 Å². The summed E-state index contributed by atoms with van der Waals surface area (Å²) in [5.74, 6) is -0.506. The smallest absolute Gasteiger partial charge is 0.335 e. The van der Waals surface area contributed by atoms with Crippen molar-refractivity contribution in [3.05, 3.63) is 51.8 Å². The molecule has 1 aromatic carbocycles. The molecule has 0 bridgehead atoms. The van der Waals surface area contributed by atoms with E-state index in [-0.39, 0.29) is 17.8 Å². The number of hydrogen-bond acceptors (Lipinski definition) is 4. The molecule has 20 heavy (non-hydrogen) atoms. The highest BCUT2D eigenvalue weighted by molar-refractivity contribution is 5.92. The Morgan fingerprint density at radius 3 is 2.90 bits per heavy atom. The second-order valence-corrected chi connectivity index (χ2v) is 4.49. The minimum absolute atomic E-state index is 0.124. The molecular formula is C13H11N3O4. The van der Waals surface area contributed by atoms with Crippen LogP contribution in [-0.4, -0.2) is 25.8 Å². The average molecular weight is 273 g/mol. The summed E-state index contributed by atoms with van der Waals surface area (Å²) in [4.78, 5) is 25.6. The number of hydrogen-bond donors (Lipinski definition) is 2. The quantitative estimate of drug-likeness (QED) is 0.750. The molecule has 102 valence electrons. The first-order chi connectivity index (χ1) is 9.54. The maximum Gasteiger partial charge on any atom is 0.335 e. The van der Waals surface area contributed by atoms with Crippen LogP contribution in [0.2, 0.25) is 0 Å². The molecule has 0 radical (unpaired) electrons. The molecule has 0 unspecified atom stereocenters. The SMILES string of the molecule is Cc1cc(Cn2c(=O)[nH]c3ccc(C(=O)O)cc32)on1. The van der Waals surface area contributed by atoms with Crippen LogP contribution in [0.4, 0.5) is 0 Å². The van der Waals surface area contributed by atoms with Crippen molar-refractivity contribution in [2.75, 3.05) is 0 Å². The maximum absolute atomic E-state index is 11.9. The number of nitrogens with one attached hydrogen (secondary N) is 1. The molecule has 0 spiro atoms. The van der Waals surface area contributed by atoms with Crippen molar-refractivity contribution >= 4 is 17.0 Å². The number of benzene rings is 1. The molecule has 7 nitrogen and oxygen atoms in total. The van der Waals surface area contributed by atoms with Crippen LogP contribution in [0.1, 0.15) is 21.8 Å². The second-order valence-electron chi connectivity index (χ2n) is 4.49. The zero-order valence-electron chi connectivity index (χ0n) is 10.6. The summed E-state index contributed by atoms with van der Waals surface area (Å²) in [6.07, 6.45) is 0. The highest BCUT2D eigenvalue weighted by atomic mass is 16.5. The highest BCUT2D eigenvalue weighted by Crippen LogP contribution is 2.15. The van der Waals surface area contributed by atoms with Crippen molar-refractivity contribution in [3.8, 4) is 0 Å². The van der Waals surface area contributed by atoms with Gasteiger partial charge in [0.05, 0.1) is 28.8 Å². The van der Waals surface area contributed by atoms with E-state index < -0.39 is 5.97 Å². The largest absolute Gasteiger partial charge is 0.478 e.